The number of methoxy groups -OCH3 is 2. The normalized spacial score (nSPS) is 17.5. The van der Waals surface area contributed by atoms with Gasteiger partial charge in [0.2, 0.25) is 0 Å². The van der Waals surface area contributed by atoms with Crippen LogP contribution in [0.2, 0.25) is 0 Å². The van der Waals surface area contributed by atoms with Gasteiger partial charge in [-0.05, 0) is 58.2 Å². The minimum atomic E-state index is -0.548. The number of carbonyl (C=O) groups excluding carboxylic acids is 1. The van der Waals surface area contributed by atoms with Crippen LogP contribution in [0.3, 0.4) is 0 Å². The standard InChI is InChI=1S/C18H28N2O4/c1-18(2,3)24-17(21)20-14-11-16(23-5)15(22-4)10-12(14)9-13-7-6-8-19-13/h10-11,13,19H,6-9H2,1-5H3,(H,20,21). The van der Waals surface area contributed by atoms with Gasteiger partial charge in [-0.2, -0.15) is 0 Å². The molecule has 1 aromatic rings. The number of anilines is 1. The maximum absolute atomic E-state index is 12.2. The van der Waals surface area contributed by atoms with Crippen molar-refractivity contribution in [1.29, 1.82) is 0 Å². The Kier molecular flexibility index (Phi) is 5.94. The third-order valence-electron chi connectivity index (χ3n) is 3.87. The largest absolute Gasteiger partial charge is 0.493 e. The molecule has 0 bridgehead atoms. The fourth-order valence-corrected chi connectivity index (χ4v) is 2.82. The topological polar surface area (TPSA) is 68.8 Å². The second-order valence-electron chi connectivity index (χ2n) is 6.99. The molecule has 1 saturated heterocycles. The van der Waals surface area contributed by atoms with Crippen molar-refractivity contribution in [2.45, 2.75) is 51.7 Å². The molecule has 1 aliphatic rings. The number of hydrogen-bond donors (Lipinski definition) is 2. The van der Waals surface area contributed by atoms with E-state index in [-0.39, 0.29) is 0 Å². The van der Waals surface area contributed by atoms with Crippen LogP contribution >= 0.6 is 0 Å². The number of ether oxygens (including phenoxy) is 3. The smallest absolute Gasteiger partial charge is 0.412 e. The van der Waals surface area contributed by atoms with Crippen LogP contribution in [0.5, 0.6) is 11.5 Å². The van der Waals surface area contributed by atoms with E-state index in [4.69, 9.17) is 14.2 Å². The Hall–Kier alpha value is -1.95. The molecule has 6 nitrogen and oxygen atoms in total. The molecule has 2 N–H and O–H groups in total. The Morgan fingerprint density at radius 1 is 1.25 bits per heavy atom. The molecule has 0 radical (unpaired) electrons. The third-order valence-corrected chi connectivity index (χ3v) is 3.87. The number of nitrogens with one attached hydrogen (secondary N) is 2. The van der Waals surface area contributed by atoms with Gasteiger partial charge in [-0.15, -0.1) is 0 Å². The summed E-state index contributed by atoms with van der Waals surface area (Å²) >= 11 is 0. The van der Waals surface area contributed by atoms with E-state index < -0.39 is 11.7 Å². The monoisotopic (exact) mass is 336 g/mol. The maximum atomic E-state index is 12.2. The number of benzene rings is 1. The summed E-state index contributed by atoms with van der Waals surface area (Å²) in [6.07, 6.45) is 2.63. The molecule has 1 aromatic carbocycles. The Bertz CT molecular complexity index is 575. The van der Waals surface area contributed by atoms with Crippen molar-refractivity contribution in [2.24, 2.45) is 0 Å². The Labute approximate surface area is 143 Å². The molecule has 0 aliphatic carbocycles. The van der Waals surface area contributed by atoms with Crippen molar-refractivity contribution in [3.63, 3.8) is 0 Å². The maximum Gasteiger partial charge on any atom is 0.412 e. The lowest BCUT2D eigenvalue weighted by atomic mass is 10.0. The van der Waals surface area contributed by atoms with Crippen LogP contribution in [0.15, 0.2) is 12.1 Å². The Morgan fingerprint density at radius 2 is 1.92 bits per heavy atom. The van der Waals surface area contributed by atoms with E-state index in [1.54, 1.807) is 20.3 Å². The zero-order chi connectivity index (χ0) is 17.7. The summed E-state index contributed by atoms with van der Waals surface area (Å²) in [7, 11) is 3.18. The van der Waals surface area contributed by atoms with Crippen LogP contribution < -0.4 is 20.1 Å². The van der Waals surface area contributed by atoms with Gasteiger partial charge in [0.1, 0.15) is 5.60 Å². The van der Waals surface area contributed by atoms with E-state index in [1.807, 2.05) is 26.8 Å². The summed E-state index contributed by atoms with van der Waals surface area (Å²) < 4.78 is 16.1. The summed E-state index contributed by atoms with van der Waals surface area (Å²) in [5.74, 6) is 1.23. The number of carbonyl (C=O) groups is 1. The minimum absolute atomic E-state index is 0.405. The van der Waals surface area contributed by atoms with Crippen molar-refractivity contribution >= 4 is 11.8 Å². The number of amides is 1. The molecular weight excluding hydrogens is 308 g/mol. The van der Waals surface area contributed by atoms with Crippen LogP contribution in [-0.2, 0) is 11.2 Å². The van der Waals surface area contributed by atoms with E-state index in [1.165, 1.54) is 6.42 Å². The predicted octanol–water partition coefficient (Wildman–Crippen LogP) is 3.35. The molecule has 0 aromatic heterocycles. The average molecular weight is 336 g/mol. The molecule has 0 saturated carbocycles. The molecule has 1 atom stereocenters. The first-order valence-corrected chi connectivity index (χ1v) is 8.30. The van der Waals surface area contributed by atoms with Crippen molar-refractivity contribution < 1.29 is 19.0 Å². The molecule has 1 fully saturated rings. The van der Waals surface area contributed by atoms with Gasteiger partial charge in [-0.3, -0.25) is 5.32 Å². The molecule has 2 rings (SSSR count). The highest BCUT2D eigenvalue weighted by Crippen LogP contribution is 2.34. The van der Waals surface area contributed by atoms with E-state index >= 15 is 0 Å². The van der Waals surface area contributed by atoms with Crippen molar-refractivity contribution in [3.8, 4) is 11.5 Å². The van der Waals surface area contributed by atoms with Gasteiger partial charge in [-0.1, -0.05) is 0 Å². The first-order chi connectivity index (χ1) is 11.3. The van der Waals surface area contributed by atoms with Gasteiger partial charge in [0.05, 0.1) is 19.9 Å². The lowest BCUT2D eigenvalue weighted by molar-refractivity contribution is 0.0635. The van der Waals surface area contributed by atoms with Gasteiger partial charge in [0.25, 0.3) is 0 Å². The zero-order valence-corrected chi connectivity index (χ0v) is 15.2. The van der Waals surface area contributed by atoms with E-state index in [2.05, 4.69) is 10.6 Å². The lowest BCUT2D eigenvalue weighted by Crippen LogP contribution is -2.28. The minimum Gasteiger partial charge on any atom is -0.493 e. The molecule has 6 heteroatoms. The zero-order valence-electron chi connectivity index (χ0n) is 15.2. The summed E-state index contributed by atoms with van der Waals surface area (Å²) in [6, 6.07) is 4.11. The lowest BCUT2D eigenvalue weighted by Gasteiger charge is -2.22. The van der Waals surface area contributed by atoms with Gasteiger partial charge in [0.15, 0.2) is 11.5 Å². The van der Waals surface area contributed by atoms with Crippen molar-refractivity contribution in [3.05, 3.63) is 17.7 Å². The summed E-state index contributed by atoms with van der Waals surface area (Å²) in [6.45, 7) is 6.55. The Morgan fingerprint density at radius 3 is 2.46 bits per heavy atom. The van der Waals surface area contributed by atoms with Crippen LogP contribution in [-0.4, -0.2) is 38.5 Å². The molecule has 24 heavy (non-hydrogen) atoms. The fraction of sp³-hybridized carbons (Fsp3) is 0.611. The van der Waals surface area contributed by atoms with Crippen LogP contribution in [0, 0.1) is 0 Å². The van der Waals surface area contributed by atoms with E-state index in [0.29, 0.717) is 23.2 Å². The highest BCUT2D eigenvalue weighted by Gasteiger charge is 2.21. The third kappa shape index (κ3) is 5.03. The van der Waals surface area contributed by atoms with Crippen LogP contribution in [0.1, 0.15) is 39.2 Å². The molecule has 1 heterocycles. The van der Waals surface area contributed by atoms with Crippen LogP contribution in [0.4, 0.5) is 10.5 Å². The predicted molar refractivity (Wildman–Crippen MR) is 94.1 cm³/mol. The first-order valence-electron chi connectivity index (χ1n) is 8.30. The Balaban J connectivity index is 2.26. The second-order valence-corrected chi connectivity index (χ2v) is 6.99. The van der Waals surface area contributed by atoms with Gasteiger partial charge < -0.3 is 19.5 Å². The van der Waals surface area contributed by atoms with E-state index in [9.17, 15) is 4.79 Å². The van der Waals surface area contributed by atoms with Gasteiger partial charge in [-0.25, -0.2) is 4.79 Å². The van der Waals surface area contributed by atoms with Crippen LogP contribution in [0.25, 0.3) is 0 Å². The number of hydrogen-bond acceptors (Lipinski definition) is 5. The average Bonchev–Trinajstić information content (AvgIpc) is 2.99. The quantitative estimate of drug-likeness (QED) is 0.863. The highest BCUT2D eigenvalue weighted by molar-refractivity contribution is 5.86. The SMILES string of the molecule is COc1cc(CC2CCCN2)c(NC(=O)OC(C)(C)C)cc1OC. The second kappa shape index (κ2) is 7.75. The first kappa shape index (κ1) is 18.4. The number of rotatable bonds is 5. The van der Waals surface area contributed by atoms with E-state index in [0.717, 1.165) is 24.9 Å². The summed E-state index contributed by atoms with van der Waals surface area (Å²) in [5.41, 5.74) is 1.14. The molecule has 134 valence electrons. The molecule has 1 aliphatic heterocycles. The van der Waals surface area contributed by atoms with Crippen molar-refractivity contribution in [1.82, 2.24) is 5.32 Å². The van der Waals surface area contributed by atoms with Gasteiger partial charge in [0, 0.05) is 12.1 Å². The highest BCUT2D eigenvalue weighted by atomic mass is 16.6. The summed E-state index contributed by atoms with van der Waals surface area (Å²) in [4.78, 5) is 12.2. The molecule has 1 amide bonds. The fourth-order valence-electron chi connectivity index (χ4n) is 2.82. The van der Waals surface area contributed by atoms with Gasteiger partial charge >= 0.3 is 6.09 Å². The molecular formula is C18H28N2O4. The van der Waals surface area contributed by atoms with Crippen molar-refractivity contribution in [2.75, 3.05) is 26.1 Å². The molecule has 0 spiro atoms. The molecule has 1 unspecified atom stereocenters. The summed E-state index contributed by atoms with van der Waals surface area (Å²) in [5, 5.41) is 6.32.